The van der Waals surface area contributed by atoms with Gasteiger partial charge in [-0.1, -0.05) is 23.7 Å². The van der Waals surface area contributed by atoms with Gasteiger partial charge in [-0.05, 0) is 63.5 Å². The molecule has 23 heavy (non-hydrogen) atoms. The second kappa shape index (κ2) is 7.52. The number of rotatable bonds is 7. The molecule has 128 valence electrons. The molecule has 2 aliphatic rings. The maximum absolute atomic E-state index is 6.06. The van der Waals surface area contributed by atoms with Crippen LogP contribution in [0.1, 0.15) is 31.2 Å². The molecule has 0 unspecified atom stereocenters. The molecule has 1 aromatic carbocycles. The van der Waals surface area contributed by atoms with Crippen molar-refractivity contribution in [1.29, 1.82) is 0 Å². The van der Waals surface area contributed by atoms with E-state index in [2.05, 4.69) is 29.0 Å². The molecule has 4 heteroatoms. The molecule has 1 aliphatic heterocycles. The van der Waals surface area contributed by atoms with Gasteiger partial charge in [0.2, 0.25) is 0 Å². The predicted molar refractivity (Wildman–Crippen MR) is 96.3 cm³/mol. The number of methoxy groups -OCH3 is 1. The minimum Gasteiger partial charge on any atom is -0.383 e. The van der Waals surface area contributed by atoms with Crippen molar-refractivity contribution >= 4 is 11.6 Å². The number of likely N-dealkylation sites (tertiary alicyclic amines) is 1. The van der Waals surface area contributed by atoms with Crippen molar-refractivity contribution in [2.24, 2.45) is 0 Å². The minimum absolute atomic E-state index is 0.349. The predicted octanol–water partition coefficient (Wildman–Crippen LogP) is 3.41. The van der Waals surface area contributed by atoms with Crippen molar-refractivity contribution in [2.75, 3.05) is 46.9 Å². The van der Waals surface area contributed by atoms with Crippen LogP contribution in [0.3, 0.4) is 0 Å². The maximum atomic E-state index is 6.06. The zero-order valence-electron chi connectivity index (χ0n) is 14.4. The Balaban J connectivity index is 1.69. The van der Waals surface area contributed by atoms with Gasteiger partial charge in [0.05, 0.1) is 6.61 Å². The Labute approximate surface area is 145 Å². The third kappa shape index (κ3) is 4.27. The van der Waals surface area contributed by atoms with Crippen molar-refractivity contribution in [3.63, 3.8) is 0 Å². The fraction of sp³-hybridized carbons (Fsp3) is 0.684. The van der Waals surface area contributed by atoms with Crippen molar-refractivity contribution in [3.8, 4) is 0 Å². The number of piperidine rings is 1. The average molecular weight is 337 g/mol. The molecule has 0 N–H and O–H groups in total. The first-order valence-corrected chi connectivity index (χ1v) is 9.18. The van der Waals surface area contributed by atoms with Crippen LogP contribution in [-0.4, -0.2) is 62.8 Å². The number of hydrogen-bond donors (Lipinski definition) is 0. The molecule has 1 heterocycles. The summed E-state index contributed by atoms with van der Waals surface area (Å²) in [5.41, 5.74) is 1.80. The highest BCUT2D eigenvalue weighted by Gasteiger charge is 2.46. The fourth-order valence-corrected chi connectivity index (χ4v) is 3.97. The Morgan fingerprint density at radius 3 is 2.43 bits per heavy atom. The van der Waals surface area contributed by atoms with Gasteiger partial charge in [0.15, 0.2) is 0 Å². The number of nitrogens with zero attached hydrogens (tertiary/aromatic N) is 2. The van der Waals surface area contributed by atoms with E-state index in [0.29, 0.717) is 11.5 Å². The monoisotopic (exact) mass is 336 g/mol. The number of ether oxygens (including phenoxy) is 1. The molecule has 0 atom stereocenters. The molecule has 0 amide bonds. The van der Waals surface area contributed by atoms with Crippen LogP contribution in [0.4, 0.5) is 0 Å². The van der Waals surface area contributed by atoms with Crippen LogP contribution in [0.2, 0.25) is 5.02 Å². The number of benzene rings is 1. The fourth-order valence-electron chi connectivity index (χ4n) is 3.84. The van der Waals surface area contributed by atoms with Crippen LogP contribution in [0, 0.1) is 0 Å². The first kappa shape index (κ1) is 17.2. The lowest BCUT2D eigenvalue weighted by Gasteiger charge is -2.39. The van der Waals surface area contributed by atoms with Crippen LogP contribution in [0.15, 0.2) is 24.3 Å². The van der Waals surface area contributed by atoms with Crippen LogP contribution >= 0.6 is 11.6 Å². The Morgan fingerprint density at radius 1 is 1.22 bits per heavy atom. The standard InChI is InChI=1S/C19H29ClN2O/c1-21-11-7-18(8-12-21)22(13-14-23-2)15-19(9-10-19)16-3-5-17(20)6-4-16/h3-6,18H,7-15H2,1-2H3. The van der Waals surface area contributed by atoms with Gasteiger partial charge in [-0.3, -0.25) is 4.90 Å². The lowest BCUT2D eigenvalue weighted by atomic mass is 9.93. The summed E-state index contributed by atoms with van der Waals surface area (Å²) in [5.74, 6) is 0. The van der Waals surface area contributed by atoms with Crippen LogP contribution in [-0.2, 0) is 10.2 Å². The second-order valence-corrected chi connectivity index (χ2v) is 7.72. The van der Waals surface area contributed by atoms with Crippen LogP contribution in [0.5, 0.6) is 0 Å². The highest BCUT2D eigenvalue weighted by molar-refractivity contribution is 6.30. The molecular formula is C19H29ClN2O. The number of halogens is 1. The van der Waals surface area contributed by atoms with E-state index >= 15 is 0 Å². The molecule has 1 saturated heterocycles. The van der Waals surface area contributed by atoms with Crippen LogP contribution < -0.4 is 0 Å². The minimum atomic E-state index is 0.349. The maximum Gasteiger partial charge on any atom is 0.0589 e. The largest absolute Gasteiger partial charge is 0.383 e. The summed E-state index contributed by atoms with van der Waals surface area (Å²) >= 11 is 6.06. The quantitative estimate of drug-likeness (QED) is 0.759. The van der Waals surface area contributed by atoms with Crippen molar-refractivity contribution in [1.82, 2.24) is 9.80 Å². The number of hydrogen-bond acceptors (Lipinski definition) is 3. The van der Waals surface area contributed by atoms with Gasteiger partial charge in [-0.15, -0.1) is 0 Å². The third-order valence-corrected chi connectivity index (χ3v) is 5.85. The van der Waals surface area contributed by atoms with Gasteiger partial charge in [0.1, 0.15) is 0 Å². The van der Waals surface area contributed by atoms with E-state index in [9.17, 15) is 0 Å². The molecule has 3 nitrogen and oxygen atoms in total. The highest BCUT2D eigenvalue weighted by Crippen LogP contribution is 2.49. The van der Waals surface area contributed by atoms with Gasteiger partial charge in [0.25, 0.3) is 0 Å². The summed E-state index contributed by atoms with van der Waals surface area (Å²) in [4.78, 5) is 5.13. The molecule has 0 bridgehead atoms. The van der Waals surface area contributed by atoms with Gasteiger partial charge in [-0.25, -0.2) is 0 Å². The smallest absolute Gasteiger partial charge is 0.0589 e. The Bertz CT molecular complexity index is 493. The van der Waals surface area contributed by atoms with E-state index in [4.69, 9.17) is 16.3 Å². The molecule has 2 fully saturated rings. The SMILES string of the molecule is COCCN(CC1(c2ccc(Cl)cc2)CC1)C1CCN(C)CC1. The van der Waals surface area contributed by atoms with Crippen molar-refractivity contribution in [3.05, 3.63) is 34.9 Å². The summed E-state index contributed by atoms with van der Waals surface area (Å²) in [6, 6.07) is 9.21. The van der Waals surface area contributed by atoms with E-state index in [1.165, 1.54) is 44.3 Å². The summed E-state index contributed by atoms with van der Waals surface area (Å²) < 4.78 is 5.37. The van der Waals surface area contributed by atoms with Gasteiger partial charge in [-0.2, -0.15) is 0 Å². The molecule has 0 radical (unpaired) electrons. The molecule has 1 aliphatic carbocycles. The average Bonchev–Trinajstić information content (AvgIpc) is 3.34. The molecular weight excluding hydrogens is 308 g/mol. The second-order valence-electron chi connectivity index (χ2n) is 7.28. The molecule has 3 rings (SSSR count). The first-order chi connectivity index (χ1) is 11.1. The first-order valence-electron chi connectivity index (χ1n) is 8.80. The van der Waals surface area contributed by atoms with Crippen LogP contribution in [0.25, 0.3) is 0 Å². The molecule has 0 aromatic heterocycles. The van der Waals surface area contributed by atoms with E-state index in [1.807, 2.05) is 12.1 Å². The summed E-state index contributed by atoms with van der Waals surface area (Å²) in [6.07, 6.45) is 5.14. The van der Waals surface area contributed by atoms with E-state index in [0.717, 1.165) is 24.7 Å². The van der Waals surface area contributed by atoms with Gasteiger partial charge in [0, 0.05) is 36.7 Å². The summed E-state index contributed by atoms with van der Waals surface area (Å²) in [5, 5.41) is 0.830. The van der Waals surface area contributed by atoms with E-state index in [1.54, 1.807) is 7.11 Å². The molecule has 0 spiro atoms. The normalized spacial score (nSPS) is 21.7. The summed E-state index contributed by atoms with van der Waals surface area (Å²) in [7, 11) is 4.03. The Kier molecular flexibility index (Phi) is 5.63. The Hall–Kier alpha value is -0.610. The topological polar surface area (TPSA) is 15.7 Å². The zero-order valence-corrected chi connectivity index (χ0v) is 15.2. The van der Waals surface area contributed by atoms with E-state index < -0.39 is 0 Å². The van der Waals surface area contributed by atoms with Gasteiger partial charge >= 0.3 is 0 Å². The van der Waals surface area contributed by atoms with Crippen molar-refractivity contribution in [2.45, 2.75) is 37.1 Å². The Morgan fingerprint density at radius 2 is 1.87 bits per heavy atom. The zero-order chi connectivity index (χ0) is 16.3. The lowest BCUT2D eigenvalue weighted by molar-refractivity contribution is 0.0783. The molecule has 1 saturated carbocycles. The van der Waals surface area contributed by atoms with Crippen molar-refractivity contribution < 1.29 is 4.74 Å². The van der Waals surface area contributed by atoms with Gasteiger partial charge < -0.3 is 9.64 Å². The highest BCUT2D eigenvalue weighted by atomic mass is 35.5. The molecule has 1 aromatic rings. The van der Waals surface area contributed by atoms with E-state index in [-0.39, 0.29) is 0 Å². The third-order valence-electron chi connectivity index (χ3n) is 5.60. The summed E-state index contributed by atoms with van der Waals surface area (Å²) in [6.45, 7) is 5.44. The lowest BCUT2D eigenvalue weighted by Crippen LogP contribution is -2.47.